The SMILES string of the molecule is C[C@H]1C[C@H]1c1ccc(/C=C/C(=O)Nc2cccc(NC(=O)c3ccco3)c2)o1. The Labute approximate surface area is 162 Å². The van der Waals surface area contributed by atoms with E-state index in [9.17, 15) is 9.59 Å². The van der Waals surface area contributed by atoms with Gasteiger partial charge in [-0.25, -0.2) is 0 Å². The smallest absolute Gasteiger partial charge is 0.291 e. The molecule has 0 spiro atoms. The van der Waals surface area contributed by atoms with Crippen LogP contribution in [-0.4, -0.2) is 11.8 Å². The summed E-state index contributed by atoms with van der Waals surface area (Å²) in [5.41, 5.74) is 1.12. The number of amides is 2. The van der Waals surface area contributed by atoms with Gasteiger partial charge in [0.05, 0.1) is 6.26 Å². The molecule has 1 aromatic carbocycles. The molecule has 6 nitrogen and oxygen atoms in total. The number of rotatable bonds is 6. The molecule has 2 amide bonds. The highest BCUT2D eigenvalue weighted by atomic mass is 16.3. The van der Waals surface area contributed by atoms with Crippen molar-refractivity contribution < 1.29 is 18.4 Å². The van der Waals surface area contributed by atoms with Crippen molar-refractivity contribution in [3.05, 3.63) is 78.2 Å². The second-order valence-electron chi connectivity index (χ2n) is 6.89. The normalized spacial score (nSPS) is 18.2. The average molecular weight is 376 g/mol. The van der Waals surface area contributed by atoms with Crippen molar-refractivity contribution in [3.63, 3.8) is 0 Å². The third-order valence-corrected chi connectivity index (χ3v) is 4.65. The van der Waals surface area contributed by atoms with Gasteiger partial charge in [0.1, 0.15) is 11.5 Å². The molecule has 2 aromatic heterocycles. The first-order valence-electron chi connectivity index (χ1n) is 9.12. The third-order valence-electron chi connectivity index (χ3n) is 4.65. The van der Waals surface area contributed by atoms with Crippen LogP contribution in [0.1, 0.15) is 41.3 Å². The highest BCUT2D eigenvalue weighted by molar-refractivity contribution is 6.04. The Hall–Kier alpha value is -3.54. The van der Waals surface area contributed by atoms with Crippen LogP contribution in [0, 0.1) is 5.92 Å². The second kappa shape index (κ2) is 7.60. The van der Waals surface area contributed by atoms with E-state index in [4.69, 9.17) is 8.83 Å². The van der Waals surface area contributed by atoms with Gasteiger partial charge in [-0.1, -0.05) is 13.0 Å². The summed E-state index contributed by atoms with van der Waals surface area (Å²) >= 11 is 0. The van der Waals surface area contributed by atoms with Crippen LogP contribution < -0.4 is 10.6 Å². The lowest BCUT2D eigenvalue weighted by Gasteiger charge is -2.06. The number of carbonyl (C=O) groups is 2. The van der Waals surface area contributed by atoms with Crippen LogP contribution >= 0.6 is 0 Å². The van der Waals surface area contributed by atoms with Crippen LogP contribution in [-0.2, 0) is 4.79 Å². The van der Waals surface area contributed by atoms with E-state index in [0.29, 0.717) is 29.0 Å². The van der Waals surface area contributed by atoms with Gasteiger partial charge in [-0.2, -0.15) is 0 Å². The van der Waals surface area contributed by atoms with Crippen molar-refractivity contribution in [2.75, 3.05) is 10.6 Å². The summed E-state index contributed by atoms with van der Waals surface area (Å²) in [5.74, 6) is 2.40. The minimum absolute atomic E-state index is 0.218. The fourth-order valence-corrected chi connectivity index (χ4v) is 2.99. The fraction of sp³-hybridized carbons (Fsp3) is 0.182. The summed E-state index contributed by atoms with van der Waals surface area (Å²) in [6.07, 6.45) is 5.66. The first-order valence-corrected chi connectivity index (χ1v) is 9.12. The zero-order valence-electron chi connectivity index (χ0n) is 15.3. The molecule has 28 heavy (non-hydrogen) atoms. The quantitative estimate of drug-likeness (QED) is 0.599. The van der Waals surface area contributed by atoms with E-state index in [1.165, 1.54) is 12.3 Å². The Morgan fingerprint density at radius 2 is 1.86 bits per heavy atom. The van der Waals surface area contributed by atoms with Crippen LogP contribution in [0.15, 0.2) is 69.7 Å². The molecule has 0 unspecified atom stereocenters. The number of benzene rings is 1. The number of furan rings is 2. The molecule has 0 radical (unpaired) electrons. The van der Waals surface area contributed by atoms with Gasteiger partial charge < -0.3 is 19.5 Å². The maximum atomic E-state index is 12.2. The number of nitrogens with one attached hydrogen (secondary N) is 2. The lowest BCUT2D eigenvalue weighted by Crippen LogP contribution is -2.12. The van der Waals surface area contributed by atoms with Gasteiger partial charge in [-0.3, -0.25) is 9.59 Å². The van der Waals surface area contributed by atoms with Crippen LogP contribution in [0.4, 0.5) is 11.4 Å². The highest BCUT2D eigenvalue weighted by Crippen LogP contribution is 2.47. The summed E-state index contributed by atoms with van der Waals surface area (Å²) < 4.78 is 10.8. The molecule has 0 saturated heterocycles. The monoisotopic (exact) mass is 376 g/mol. The summed E-state index contributed by atoms with van der Waals surface area (Å²) in [7, 11) is 0. The maximum Gasteiger partial charge on any atom is 0.291 e. The molecule has 0 bridgehead atoms. The molecule has 1 saturated carbocycles. The van der Waals surface area contributed by atoms with Gasteiger partial charge in [0.2, 0.25) is 5.91 Å². The van der Waals surface area contributed by atoms with Crippen LogP contribution in [0.3, 0.4) is 0 Å². The van der Waals surface area contributed by atoms with Gasteiger partial charge in [0.25, 0.3) is 5.91 Å². The third kappa shape index (κ3) is 4.23. The highest BCUT2D eigenvalue weighted by Gasteiger charge is 2.36. The molecule has 4 rings (SSSR count). The van der Waals surface area contributed by atoms with Gasteiger partial charge in [0.15, 0.2) is 5.76 Å². The lowest BCUT2D eigenvalue weighted by atomic mass is 10.2. The molecule has 142 valence electrons. The fourth-order valence-electron chi connectivity index (χ4n) is 2.99. The first kappa shape index (κ1) is 17.9. The predicted octanol–water partition coefficient (Wildman–Crippen LogP) is 4.90. The van der Waals surface area contributed by atoms with Crippen molar-refractivity contribution in [1.82, 2.24) is 0 Å². The Morgan fingerprint density at radius 3 is 2.57 bits per heavy atom. The standard InChI is InChI=1S/C22H20N2O4/c1-14-12-18(14)19-9-7-17(28-19)8-10-21(25)23-15-4-2-5-16(13-15)24-22(26)20-6-3-11-27-20/h2-11,13-14,18H,12H2,1H3,(H,23,25)(H,24,26)/b10-8+/t14-,18+/m0/s1. The van der Waals surface area contributed by atoms with Crippen LogP contribution in [0.25, 0.3) is 6.08 Å². The minimum Gasteiger partial charge on any atom is -0.461 e. The molecule has 2 atom stereocenters. The average Bonchev–Trinajstić information content (AvgIpc) is 3.10. The Bertz CT molecular complexity index is 1020. The minimum atomic E-state index is -0.355. The molecule has 2 heterocycles. The van der Waals surface area contributed by atoms with E-state index in [1.54, 1.807) is 42.5 Å². The van der Waals surface area contributed by atoms with Crippen LogP contribution in [0.2, 0.25) is 0 Å². The maximum absolute atomic E-state index is 12.2. The largest absolute Gasteiger partial charge is 0.461 e. The predicted molar refractivity (Wildman–Crippen MR) is 106 cm³/mol. The molecule has 6 heteroatoms. The van der Waals surface area contributed by atoms with E-state index < -0.39 is 0 Å². The number of carbonyl (C=O) groups excluding carboxylic acids is 2. The molecule has 1 aliphatic rings. The summed E-state index contributed by atoms with van der Waals surface area (Å²) in [6, 6.07) is 14.0. The Morgan fingerprint density at radius 1 is 1.07 bits per heavy atom. The van der Waals surface area contributed by atoms with E-state index in [2.05, 4.69) is 17.6 Å². The van der Waals surface area contributed by atoms with Crippen molar-refractivity contribution in [2.24, 2.45) is 5.92 Å². The molecular weight excluding hydrogens is 356 g/mol. The topological polar surface area (TPSA) is 84.5 Å². The van der Waals surface area contributed by atoms with Gasteiger partial charge in [-0.05, 0) is 60.9 Å². The van der Waals surface area contributed by atoms with Crippen molar-refractivity contribution >= 4 is 29.3 Å². The molecule has 1 aliphatic carbocycles. The van der Waals surface area contributed by atoms with E-state index in [1.807, 2.05) is 12.1 Å². The Balaban J connectivity index is 1.35. The van der Waals surface area contributed by atoms with Crippen molar-refractivity contribution in [2.45, 2.75) is 19.3 Å². The van der Waals surface area contributed by atoms with Crippen molar-refractivity contribution in [3.8, 4) is 0 Å². The summed E-state index contributed by atoms with van der Waals surface area (Å²) in [6.45, 7) is 2.20. The summed E-state index contributed by atoms with van der Waals surface area (Å²) in [4.78, 5) is 24.2. The number of hydrogen-bond donors (Lipinski definition) is 2. The van der Waals surface area contributed by atoms with Gasteiger partial charge in [0, 0.05) is 23.4 Å². The molecule has 2 N–H and O–H groups in total. The van der Waals surface area contributed by atoms with Crippen molar-refractivity contribution in [1.29, 1.82) is 0 Å². The van der Waals surface area contributed by atoms with Gasteiger partial charge >= 0.3 is 0 Å². The van der Waals surface area contributed by atoms with Gasteiger partial charge in [-0.15, -0.1) is 0 Å². The first-order chi connectivity index (χ1) is 13.6. The van der Waals surface area contributed by atoms with E-state index in [-0.39, 0.29) is 17.6 Å². The number of anilines is 2. The molecule has 0 aliphatic heterocycles. The molecule has 3 aromatic rings. The molecular formula is C22H20N2O4. The summed E-state index contributed by atoms with van der Waals surface area (Å²) in [5, 5.41) is 5.49. The number of hydrogen-bond acceptors (Lipinski definition) is 4. The van der Waals surface area contributed by atoms with E-state index >= 15 is 0 Å². The lowest BCUT2D eigenvalue weighted by molar-refractivity contribution is -0.111. The van der Waals surface area contributed by atoms with E-state index in [0.717, 1.165) is 12.2 Å². The Kier molecular flexibility index (Phi) is 4.85. The zero-order valence-corrected chi connectivity index (χ0v) is 15.3. The van der Waals surface area contributed by atoms with Crippen LogP contribution in [0.5, 0.6) is 0 Å². The second-order valence-corrected chi connectivity index (χ2v) is 6.89. The molecule has 1 fully saturated rings. The zero-order chi connectivity index (χ0) is 19.5.